The maximum Gasteiger partial charge on any atom is 0.352 e. The van der Waals surface area contributed by atoms with Crippen molar-refractivity contribution in [2.45, 2.75) is 6.42 Å². The number of carboxylic acids is 1. The summed E-state index contributed by atoms with van der Waals surface area (Å²) in [6, 6.07) is 9.16. The van der Waals surface area contributed by atoms with E-state index in [1.807, 2.05) is 30.3 Å². The predicted molar refractivity (Wildman–Crippen MR) is 60.5 cm³/mol. The van der Waals surface area contributed by atoms with E-state index >= 15 is 0 Å². The van der Waals surface area contributed by atoms with Crippen LogP contribution in [0.5, 0.6) is 0 Å². The van der Waals surface area contributed by atoms with E-state index in [4.69, 9.17) is 22.4 Å². The lowest BCUT2D eigenvalue weighted by Crippen LogP contribution is -2.13. The Hall–Kier alpha value is -1.48. The molecule has 0 aliphatic rings. The summed E-state index contributed by atoms with van der Waals surface area (Å²) >= 11 is 5.61. The standard InChI is InChI=1S/C11H12ClNO2/c12-7-6-9(10(13)11(14)15)8-4-2-1-3-5-8/h1-5H,6-7,13H2,(H,14,15). The summed E-state index contributed by atoms with van der Waals surface area (Å²) in [5.74, 6) is -0.767. The van der Waals surface area contributed by atoms with Crippen LogP contribution in [0.25, 0.3) is 5.57 Å². The SMILES string of the molecule is NC(C(=O)O)=C(CCCl)c1ccccc1. The lowest BCUT2D eigenvalue weighted by molar-refractivity contribution is -0.132. The van der Waals surface area contributed by atoms with E-state index in [-0.39, 0.29) is 5.70 Å². The van der Waals surface area contributed by atoms with Gasteiger partial charge in [0.25, 0.3) is 0 Å². The number of hydrogen-bond donors (Lipinski definition) is 2. The van der Waals surface area contributed by atoms with Crippen LogP contribution in [0.15, 0.2) is 36.0 Å². The van der Waals surface area contributed by atoms with Crippen molar-refractivity contribution in [1.82, 2.24) is 0 Å². The molecule has 80 valence electrons. The molecule has 0 aliphatic heterocycles. The van der Waals surface area contributed by atoms with Gasteiger partial charge in [-0.3, -0.25) is 0 Å². The molecule has 3 nitrogen and oxygen atoms in total. The van der Waals surface area contributed by atoms with Crippen LogP contribution in [-0.2, 0) is 4.79 Å². The molecule has 0 aromatic heterocycles. The fourth-order valence-corrected chi connectivity index (χ4v) is 1.49. The molecule has 1 aromatic carbocycles. The van der Waals surface area contributed by atoms with Crippen LogP contribution in [0.3, 0.4) is 0 Å². The number of benzene rings is 1. The molecule has 4 heteroatoms. The quantitative estimate of drug-likeness (QED) is 0.609. The molecule has 0 bridgehead atoms. The molecule has 0 atom stereocenters. The van der Waals surface area contributed by atoms with Gasteiger partial charge in [-0.05, 0) is 17.6 Å². The lowest BCUT2D eigenvalue weighted by Gasteiger charge is -2.07. The van der Waals surface area contributed by atoms with Crippen LogP contribution < -0.4 is 5.73 Å². The number of rotatable bonds is 4. The molecule has 1 rings (SSSR count). The zero-order valence-corrected chi connectivity index (χ0v) is 8.87. The molecule has 0 heterocycles. The van der Waals surface area contributed by atoms with Crippen LogP contribution in [0.2, 0.25) is 0 Å². The zero-order valence-electron chi connectivity index (χ0n) is 8.11. The summed E-state index contributed by atoms with van der Waals surface area (Å²) in [5.41, 5.74) is 6.75. The summed E-state index contributed by atoms with van der Waals surface area (Å²) in [6.45, 7) is 0. The molecule has 0 radical (unpaired) electrons. The van der Waals surface area contributed by atoms with Gasteiger partial charge in [-0.15, -0.1) is 11.6 Å². The van der Waals surface area contributed by atoms with Crippen molar-refractivity contribution in [2.75, 3.05) is 5.88 Å². The third kappa shape index (κ3) is 2.99. The molecule has 1 aromatic rings. The normalized spacial score (nSPS) is 12.1. The van der Waals surface area contributed by atoms with E-state index in [9.17, 15) is 4.79 Å². The Morgan fingerprint density at radius 3 is 2.40 bits per heavy atom. The molecule has 0 unspecified atom stereocenters. The highest BCUT2D eigenvalue weighted by Crippen LogP contribution is 2.20. The van der Waals surface area contributed by atoms with Crippen molar-refractivity contribution in [3.63, 3.8) is 0 Å². The summed E-state index contributed by atoms with van der Waals surface area (Å²) in [5, 5.41) is 8.81. The molecule has 0 fully saturated rings. The lowest BCUT2D eigenvalue weighted by atomic mass is 10.0. The molecular formula is C11H12ClNO2. The van der Waals surface area contributed by atoms with E-state index in [0.29, 0.717) is 17.9 Å². The maximum absolute atomic E-state index is 10.8. The smallest absolute Gasteiger partial charge is 0.352 e. The van der Waals surface area contributed by atoms with Gasteiger partial charge in [0.05, 0.1) is 0 Å². The summed E-state index contributed by atoms with van der Waals surface area (Å²) in [6.07, 6.45) is 0.448. The number of alkyl halides is 1. The Balaban J connectivity index is 3.14. The Morgan fingerprint density at radius 1 is 1.33 bits per heavy atom. The van der Waals surface area contributed by atoms with Gasteiger partial charge >= 0.3 is 5.97 Å². The summed E-state index contributed by atoms with van der Waals surface area (Å²) < 4.78 is 0. The number of halogens is 1. The van der Waals surface area contributed by atoms with Crippen LogP contribution >= 0.6 is 11.6 Å². The minimum atomic E-state index is -1.11. The second-order valence-electron chi connectivity index (χ2n) is 3.00. The van der Waals surface area contributed by atoms with Gasteiger partial charge in [0.15, 0.2) is 0 Å². The molecule has 0 spiro atoms. The first kappa shape index (κ1) is 11.6. The summed E-state index contributed by atoms with van der Waals surface area (Å²) in [7, 11) is 0. The van der Waals surface area contributed by atoms with Gasteiger partial charge in [-0.25, -0.2) is 4.79 Å². The minimum Gasteiger partial charge on any atom is -0.477 e. The minimum absolute atomic E-state index is 0.137. The van der Waals surface area contributed by atoms with E-state index in [2.05, 4.69) is 0 Å². The average molecular weight is 226 g/mol. The highest BCUT2D eigenvalue weighted by Gasteiger charge is 2.11. The second kappa shape index (κ2) is 5.41. The Labute approximate surface area is 93.2 Å². The Kier molecular flexibility index (Phi) is 4.18. The van der Waals surface area contributed by atoms with Gasteiger partial charge in [0, 0.05) is 5.88 Å². The van der Waals surface area contributed by atoms with Crippen molar-refractivity contribution in [3.05, 3.63) is 41.6 Å². The highest BCUT2D eigenvalue weighted by molar-refractivity contribution is 6.18. The molecular weight excluding hydrogens is 214 g/mol. The van der Waals surface area contributed by atoms with Crippen LogP contribution in [-0.4, -0.2) is 17.0 Å². The van der Waals surface area contributed by atoms with Crippen molar-refractivity contribution in [3.8, 4) is 0 Å². The van der Waals surface area contributed by atoms with Crippen LogP contribution in [0.1, 0.15) is 12.0 Å². The highest BCUT2D eigenvalue weighted by atomic mass is 35.5. The molecule has 0 saturated carbocycles. The van der Waals surface area contributed by atoms with Gasteiger partial charge in [0.2, 0.25) is 0 Å². The van der Waals surface area contributed by atoms with Crippen molar-refractivity contribution in [1.29, 1.82) is 0 Å². The summed E-state index contributed by atoms with van der Waals surface area (Å²) in [4.78, 5) is 10.8. The van der Waals surface area contributed by atoms with E-state index in [0.717, 1.165) is 5.56 Å². The molecule has 0 aliphatic carbocycles. The fraction of sp³-hybridized carbons (Fsp3) is 0.182. The Morgan fingerprint density at radius 2 is 1.93 bits per heavy atom. The third-order valence-electron chi connectivity index (χ3n) is 2.02. The molecule has 0 saturated heterocycles. The zero-order chi connectivity index (χ0) is 11.3. The number of nitrogens with two attached hydrogens (primary N) is 1. The fourth-order valence-electron chi connectivity index (χ4n) is 1.30. The molecule has 3 N–H and O–H groups in total. The van der Waals surface area contributed by atoms with Gasteiger partial charge in [0.1, 0.15) is 5.70 Å². The van der Waals surface area contributed by atoms with Crippen molar-refractivity contribution < 1.29 is 9.90 Å². The first-order valence-electron chi connectivity index (χ1n) is 4.50. The number of carboxylic acid groups (broad SMARTS) is 1. The van der Waals surface area contributed by atoms with E-state index in [1.165, 1.54) is 0 Å². The Bertz CT molecular complexity index is 373. The number of carbonyl (C=O) groups is 1. The van der Waals surface area contributed by atoms with Crippen molar-refractivity contribution in [2.24, 2.45) is 5.73 Å². The third-order valence-corrected chi connectivity index (χ3v) is 2.21. The average Bonchev–Trinajstić information content (AvgIpc) is 2.26. The van der Waals surface area contributed by atoms with Crippen LogP contribution in [0.4, 0.5) is 0 Å². The number of aliphatic carboxylic acids is 1. The van der Waals surface area contributed by atoms with E-state index < -0.39 is 5.97 Å². The first-order chi connectivity index (χ1) is 7.16. The molecule has 0 amide bonds. The topological polar surface area (TPSA) is 63.3 Å². The van der Waals surface area contributed by atoms with Gasteiger partial charge < -0.3 is 10.8 Å². The van der Waals surface area contributed by atoms with E-state index in [1.54, 1.807) is 0 Å². The predicted octanol–water partition coefficient (Wildman–Crippen LogP) is 2.07. The number of allylic oxidation sites excluding steroid dienone is 1. The number of hydrogen-bond acceptors (Lipinski definition) is 2. The largest absolute Gasteiger partial charge is 0.477 e. The monoisotopic (exact) mass is 225 g/mol. The molecule has 15 heavy (non-hydrogen) atoms. The second-order valence-corrected chi connectivity index (χ2v) is 3.38. The van der Waals surface area contributed by atoms with Crippen LogP contribution in [0, 0.1) is 0 Å². The van der Waals surface area contributed by atoms with Gasteiger partial charge in [-0.1, -0.05) is 30.3 Å². The van der Waals surface area contributed by atoms with Crippen molar-refractivity contribution >= 4 is 23.1 Å². The maximum atomic E-state index is 10.8. The first-order valence-corrected chi connectivity index (χ1v) is 5.03. The van der Waals surface area contributed by atoms with Gasteiger partial charge in [-0.2, -0.15) is 0 Å².